The lowest BCUT2D eigenvalue weighted by Gasteiger charge is -2.43. The van der Waals surface area contributed by atoms with Crippen molar-refractivity contribution in [3.05, 3.63) is 70.8 Å². The number of nitrogens with one attached hydrogen (secondary N) is 2. The predicted molar refractivity (Wildman–Crippen MR) is 156 cm³/mol. The van der Waals surface area contributed by atoms with Crippen LogP contribution in [-0.2, 0) is 22.6 Å². The van der Waals surface area contributed by atoms with Gasteiger partial charge in [-0.05, 0) is 53.7 Å². The summed E-state index contributed by atoms with van der Waals surface area (Å²) in [6, 6.07) is 16.7. The first-order valence-corrected chi connectivity index (χ1v) is 14.9. The largest absolute Gasteiger partial charge is 0.392 e. The highest BCUT2D eigenvalue weighted by Gasteiger charge is 2.51. The zero-order valence-corrected chi connectivity index (χ0v) is 24.8. The summed E-state index contributed by atoms with van der Waals surface area (Å²) in [5, 5.41) is 15.2. The van der Waals surface area contributed by atoms with Crippen molar-refractivity contribution in [1.29, 1.82) is 0 Å². The second-order valence-corrected chi connectivity index (χ2v) is 13.4. The Morgan fingerprint density at radius 1 is 0.975 bits per heavy atom. The van der Waals surface area contributed by atoms with Crippen LogP contribution >= 0.6 is 0 Å². The Balaban J connectivity index is 1.35. The second-order valence-electron chi connectivity index (χ2n) is 13.4. The Morgan fingerprint density at radius 2 is 1.65 bits per heavy atom. The molecule has 0 spiro atoms. The molecule has 2 unspecified atom stereocenters. The third kappa shape index (κ3) is 6.54. The number of likely N-dealkylation sites (tertiary alicyclic amines) is 1. The molecule has 6 atom stereocenters. The molecule has 0 radical (unpaired) electrons. The first-order chi connectivity index (χ1) is 19.1. The van der Waals surface area contributed by atoms with Crippen LogP contribution in [0.4, 0.5) is 4.79 Å². The monoisotopic (exact) mass is 549 g/mol. The molecule has 3 fully saturated rings. The maximum Gasteiger partial charge on any atom is 0.315 e. The van der Waals surface area contributed by atoms with E-state index in [-0.39, 0.29) is 30.8 Å². The fourth-order valence-electron chi connectivity index (χ4n) is 7.55. The summed E-state index contributed by atoms with van der Waals surface area (Å²) in [6.45, 7) is 14.6. The van der Waals surface area contributed by atoms with Gasteiger partial charge >= 0.3 is 6.03 Å². The fourth-order valence-corrected chi connectivity index (χ4v) is 7.55. The third-order valence-electron chi connectivity index (χ3n) is 9.10. The Morgan fingerprint density at radius 3 is 2.33 bits per heavy atom. The van der Waals surface area contributed by atoms with Crippen molar-refractivity contribution < 1.29 is 19.4 Å². The van der Waals surface area contributed by atoms with Gasteiger partial charge in [-0.2, -0.15) is 0 Å². The van der Waals surface area contributed by atoms with Gasteiger partial charge in [-0.25, -0.2) is 4.79 Å². The first-order valence-electron chi connectivity index (χ1n) is 14.9. The molecule has 218 valence electrons. The highest BCUT2D eigenvalue weighted by atomic mass is 16.7. The van der Waals surface area contributed by atoms with E-state index >= 15 is 0 Å². The van der Waals surface area contributed by atoms with E-state index in [9.17, 15) is 9.90 Å². The van der Waals surface area contributed by atoms with E-state index in [2.05, 4.69) is 55.4 Å². The molecule has 2 aliphatic heterocycles. The lowest BCUT2D eigenvalue weighted by Crippen LogP contribution is -2.46. The topological polar surface area (TPSA) is 83.1 Å². The second kappa shape index (κ2) is 11.8. The third-order valence-corrected chi connectivity index (χ3v) is 9.10. The van der Waals surface area contributed by atoms with E-state index in [1.54, 1.807) is 0 Å². The summed E-state index contributed by atoms with van der Waals surface area (Å²) in [6.07, 6.45) is 3.21. The van der Waals surface area contributed by atoms with Gasteiger partial charge in [0.05, 0.1) is 18.8 Å². The van der Waals surface area contributed by atoms with Crippen LogP contribution in [0.2, 0.25) is 0 Å². The number of carbonyl (C=O) groups excluding carboxylic acids is 1. The number of urea groups is 1. The molecule has 3 aliphatic rings. The molecule has 7 heteroatoms. The van der Waals surface area contributed by atoms with E-state index in [0.717, 1.165) is 35.3 Å². The van der Waals surface area contributed by atoms with Crippen molar-refractivity contribution in [1.82, 2.24) is 15.5 Å². The van der Waals surface area contributed by atoms with Gasteiger partial charge in [0.25, 0.3) is 0 Å². The number of carbonyl (C=O) groups is 1. The number of nitrogens with zero attached hydrogens (tertiary/aromatic N) is 1. The van der Waals surface area contributed by atoms with Gasteiger partial charge in [-0.15, -0.1) is 0 Å². The van der Waals surface area contributed by atoms with E-state index in [1.807, 2.05) is 43.3 Å². The minimum Gasteiger partial charge on any atom is -0.392 e. The molecule has 7 nitrogen and oxygen atoms in total. The molecule has 1 aliphatic carbocycles. The molecule has 1 saturated carbocycles. The lowest BCUT2D eigenvalue weighted by atomic mass is 9.65. The average Bonchev–Trinajstić information content (AvgIpc) is 3.16. The van der Waals surface area contributed by atoms with Crippen molar-refractivity contribution in [3.8, 4) is 0 Å². The van der Waals surface area contributed by atoms with Crippen molar-refractivity contribution in [2.75, 3.05) is 19.6 Å². The number of hydrogen-bond donors (Lipinski definition) is 3. The first kappa shape index (κ1) is 29.1. The summed E-state index contributed by atoms with van der Waals surface area (Å²) >= 11 is 0. The van der Waals surface area contributed by atoms with E-state index in [1.165, 1.54) is 19.3 Å². The Bertz CT molecular complexity index is 1150. The van der Waals surface area contributed by atoms with E-state index in [4.69, 9.17) is 9.47 Å². The maximum atomic E-state index is 11.8. The highest BCUT2D eigenvalue weighted by molar-refractivity contribution is 5.73. The average molecular weight is 550 g/mol. The molecular weight excluding hydrogens is 502 g/mol. The zero-order chi connectivity index (χ0) is 28.5. The van der Waals surface area contributed by atoms with Gasteiger partial charge in [-0.3, -0.25) is 4.90 Å². The Hall–Kier alpha value is -2.45. The predicted octanol–water partition coefficient (Wildman–Crippen LogP) is 5.69. The Kier molecular flexibility index (Phi) is 8.58. The summed E-state index contributed by atoms with van der Waals surface area (Å²) in [4.78, 5) is 14.5. The summed E-state index contributed by atoms with van der Waals surface area (Å²) < 4.78 is 13.4. The number of amides is 2. The lowest BCUT2D eigenvalue weighted by molar-refractivity contribution is -0.276. The van der Waals surface area contributed by atoms with Crippen molar-refractivity contribution in [3.63, 3.8) is 0 Å². The van der Waals surface area contributed by atoms with Crippen LogP contribution < -0.4 is 10.6 Å². The van der Waals surface area contributed by atoms with Gasteiger partial charge in [0.15, 0.2) is 6.29 Å². The van der Waals surface area contributed by atoms with Gasteiger partial charge in [-0.1, -0.05) is 76.2 Å². The molecular formula is C33H47N3O4. The van der Waals surface area contributed by atoms with Crippen LogP contribution in [0, 0.1) is 16.7 Å². The summed E-state index contributed by atoms with van der Waals surface area (Å²) in [5.41, 5.74) is 4.75. The number of benzene rings is 2. The van der Waals surface area contributed by atoms with Crippen LogP contribution in [0.3, 0.4) is 0 Å². The number of aliphatic hydroxyl groups is 1. The zero-order valence-electron chi connectivity index (χ0n) is 24.8. The van der Waals surface area contributed by atoms with Crippen LogP contribution in [0.5, 0.6) is 0 Å². The number of ether oxygens (including phenoxy) is 2. The van der Waals surface area contributed by atoms with Gasteiger partial charge < -0.3 is 25.2 Å². The van der Waals surface area contributed by atoms with Gasteiger partial charge in [0, 0.05) is 43.7 Å². The standard InChI is InChI=1S/C33H47N3O4/c1-6-34-31(38)35-17-23-7-13-26(14-8-23)30-39-28(18-36-21-33(5)16-27(36)15-32(3,4)20-33)22(2)29(40-30)25-11-9-24(19-37)10-12-25/h7-14,22,27-30,37H,6,15-21H2,1-5H3,(H2,34,35,38)/t22-,27?,28+,29+,30+,33?/m1/s1. The molecule has 2 heterocycles. The molecule has 2 amide bonds. The van der Waals surface area contributed by atoms with Gasteiger partial charge in [0.2, 0.25) is 0 Å². The van der Waals surface area contributed by atoms with Crippen molar-refractivity contribution >= 4 is 6.03 Å². The molecule has 5 rings (SSSR count). The van der Waals surface area contributed by atoms with Gasteiger partial charge in [0.1, 0.15) is 0 Å². The highest BCUT2D eigenvalue weighted by Crippen LogP contribution is 2.53. The fraction of sp³-hybridized carbons (Fsp3) is 0.606. The number of fused-ring (bicyclic) bond motifs is 2. The molecule has 2 bridgehead atoms. The van der Waals surface area contributed by atoms with Crippen LogP contribution in [0.1, 0.15) is 88.5 Å². The summed E-state index contributed by atoms with van der Waals surface area (Å²) in [7, 11) is 0. The molecule has 2 saturated heterocycles. The van der Waals surface area contributed by atoms with E-state index in [0.29, 0.717) is 30.0 Å². The number of rotatable bonds is 8. The Labute approximate surface area is 239 Å². The summed E-state index contributed by atoms with van der Waals surface area (Å²) in [5.74, 6) is 0.165. The van der Waals surface area contributed by atoms with Crippen molar-refractivity contribution in [2.45, 2.75) is 91.6 Å². The maximum absolute atomic E-state index is 11.8. The van der Waals surface area contributed by atoms with Crippen LogP contribution in [-0.4, -0.2) is 47.8 Å². The van der Waals surface area contributed by atoms with Crippen LogP contribution in [0.15, 0.2) is 48.5 Å². The molecule has 40 heavy (non-hydrogen) atoms. The number of hydrogen-bond acceptors (Lipinski definition) is 5. The van der Waals surface area contributed by atoms with Crippen molar-refractivity contribution in [2.24, 2.45) is 16.7 Å². The molecule has 3 N–H and O–H groups in total. The molecule has 0 aromatic heterocycles. The minimum absolute atomic E-state index is 0.0198. The van der Waals surface area contributed by atoms with Crippen LogP contribution in [0.25, 0.3) is 0 Å². The number of aliphatic hydroxyl groups excluding tert-OH is 1. The smallest absolute Gasteiger partial charge is 0.315 e. The quantitative estimate of drug-likeness (QED) is 0.394. The molecule has 2 aromatic carbocycles. The normalized spacial score (nSPS) is 31.6. The minimum atomic E-state index is -0.483. The molecule has 2 aromatic rings. The SMILES string of the molecule is CCNC(=O)NCc1ccc([C@H]2O[C@@H](CN3CC4(C)CC3CC(C)(C)C4)[C@@H](C)[C@@H](c3ccc(CO)cc3)O2)cc1. The van der Waals surface area contributed by atoms with E-state index < -0.39 is 6.29 Å².